The van der Waals surface area contributed by atoms with Crippen molar-refractivity contribution < 1.29 is 19.1 Å². The SMILES string of the molecule is COc1cccc(OC)c1C(=O)NC1CCN(C(=O)C2CCC2)CC1. The minimum atomic E-state index is -0.196. The number of hydrogen-bond acceptors (Lipinski definition) is 4. The first kappa shape index (κ1) is 17.6. The summed E-state index contributed by atoms with van der Waals surface area (Å²) in [5.41, 5.74) is 0.417. The van der Waals surface area contributed by atoms with Crippen molar-refractivity contribution in [3.05, 3.63) is 23.8 Å². The molecular formula is C19H26N2O4. The van der Waals surface area contributed by atoms with E-state index in [0.29, 0.717) is 36.1 Å². The van der Waals surface area contributed by atoms with Crippen molar-refractivity contribution >= 4 is 11.8 Å². The molecule has 1 N–H and O–H groups in total. The van der Waals surface area contributed by atoms with Gasteiger partial charge in [-0.2, -0.15) is 0 Å². The summed E-state index contributed by atoms with van der Waals surface area (Å²) < 4.78 is 10.6. The fourth-order valence-corrected chi connectivity index (χ4v) is 3.49. The molecule has 2 fully saturated rings. The van der Waals surface area contributed by atoms with E-state index in [9.17, 15) is 9.59 Å². The van der Waals surface area contributed by atoms with Crippen LogP contribution in [0.15, 0.2) is 18.2 Å². The van der Waals surface area contributed by atoms with E-state index in [4.69, 9.17) is 9.47 Å². The van der Waals surface area contributed by atoms with Gasteiger partial charge in [-0.25, -0.2) is 0 Å². The molecule has 1 aromatic rings. The molecule has 1 saturated heterocycles. The first-order valence-corrected chi connectivity index (χ1v) is 8.94. The van der Waals surface area contributed by atoms with Gasteiger partial charge in [-0.3, -0.25) is 9.59 Å². The number of ether oxygens (including phenoxy) is 2. The molecule has 1 aliphatic heterocycles. The fraction of sp³-hybridized carbons (Fsp3) is 0.579. The van der Waals surface area contributed by atoms with E-state index in [1.54, 1.807) is 18.2 Å². The summed E-state index contributed by atoms with van der Waals surface area (Å²) in [6.07, 6.45) is 4.79. The highest BCUT2D eigenvalue weighted by Crippen LogP contribution is 2.30. The second-order valence-electron chi connectivity index (χ2n) is 6.74. The van der Waals surface area contributed by atoms with Crippen molar-refractivity contribution in [3.8, 4) is 11.5 Å². The normalized spacial score (nSPS) is 18.4. The maximum Gasteiger partial charge on any atom is 0.259 e. The lowest BCUT2D eigenvalue weighted by Gasteiger charge is -2.36. The third-order valence-corrected chi connectivity index (χ3v) is 5.25. The van der Waals surface area contributed by atoms with Crippen LogP contribution in [0.2, 0.25) is 0 Å². The average Bonchev–Trinajstić information content (AvgIpc) is 2.59. The molecule has 2 amide bonds. The molecule has 25 heavy (non-hydrogen) atoms. The second kappa shape index (κ2) is 7.76. The maximum atomic E-state index is 12.7. The first-order valence-electron chi connectivity index (χ1n) is 8.94. The minimum Gasteiger partial charge on any atom is -0.496 e. The van der Waals surface area contributed by atoms with Crippen LogP contribution in [0.3, 0.4) is 0 Å². The molecule has 136 valence electrons. The molecule has 1 aromatic carbocycles. The fourth-order valence-electron chi connectivity index (χ4n) is 3.49. The molecule has 6 nitrogen and oxygen atoms in total. The highest BCUT2D eigenvalue weighted by molar-refractivity contribution is 5.99. The topological polar surface area (TPSA) is 67.9 Å². The number of methoxy groups -OCH3 is 2. The Bertz CT molecular complexity index is 612. The number of amides is 2. The summed E-state index contributed by atoms with van der Waals surface area (Å²) in [7, 11) is 3.08. The van der Waals surface area contributed by atoms with Crippen LogP contribution < -0.4 is 14.8 Å². The monoisotopic (exact) mass is 346 g/mol. The maximum absolute atomic E-state index is 12.7. The number of carbonyl (C=O) groups is 2. The van der Waals surface area contributed by atoms with Crippen molar-refractivity contribution in [2.24, 2.45) is 5.92 Å². The number of piperidine rings is 1. The van der Waals surface area contributed by atoms with Crippen LogP contribution in [0.5, 0.6) is 11.5 Å². The van der Waals surface area contributed by atoms with Crippen molar-refractivity contribution in [1.29, 1.82) is 0 Å². The molecule has 1 aliphatic carbocycles. The van der Waals surface area contributed by atoms with Crippen molar-refractivity contribution in [2.75, 3.05) is 27.3 Å². The number of likely N-dealkylation sites (tertiary alicyclic amines) is 1. The molecular weight excluding hydrogens is 320 g/mol. The van der Waals surface area contributed by atoms with Crippen LogP contribution in [0.1, 0.15) is 42.5 Å². The first-order chi connectivity index (χ1) is 12.1. The van der Waals surface area contributed by atoms with E-state index >= 15 is 0 Å². The summed E-state index contributed by atoms with van der Waals surface area (Å²) >= 11 is 0. The molecule has 1 heterocycles. The van der Waals surface area contributed by atoms with Gasteiger partial charge in [-0.1, -0.05) is 12.5 Å². The van der Waals surface area contributed by atoms with Crippen LogP contribution in [0, 0.1) is 5.92 Å². The lowest BCUT2D eigenvalue weighted by Crippen LogP contribution is -2.48. The third-order valence-electron chi connectivity index (χ3n) is 5.25. The zero-order chi connectivity index (χ0) is 17.8. The summed E-state index contributed by atoms with van der Waals surface area (Å²) in [4.78, 5) is 27.0. The Morgan fingerprint density at radius 1 is 1.04 bits per heavy atom. The Morgan fingerprint density at radius 2 is 1.64 bits per heavy atom. The van der Waals surface area contributed by atoms with E-state index in [2.05, 4.69) is 5.32 Å². The molecule has 0 unspecified atom stereocenters. The van der Waals surface area contributed by atoms with Gasteiger partial charge in [0.15, 0.2) is 0 Å². The second-order valence-corrected chi connectivity index (χ2v) is 6.74. The van der Waals surface area contributed by atoms with Crippen molar-refractivity contribution in [2.45, 2.75) is 38.1 Å². The van der Waals surface area contributed by atoms with Crippen LogP contribution in [0.25, 0.3) is 0 Å². The predicted octanol–water partition coefficient (Wildman–Crippen LogP) is 2.22. The van der Waals surface area contributed by atoms with Gasteiger partial charge in [-0.15, -0.1) is 0 Å². The number of hydrogen-bond donors (Lipinski definition) is 1. The molecule has 0 atom stereocenters. The summed E-state index contributed by atoms with van der Waals surface area (Å²) in [6.45, 7) is 1.42. The lowest BCUT2D eigenvalue weighted by atomic mass is 9.84. The molecule has 3 rings (SSSR count). The highest BCUT2D eigenvalue weighted by atomic mass is 16.5. The van der Waals surface area contributed by atoms with Gasteiger partial charge in [0.25, 0.3) is 5.91 Å². The van der Waals surface area contributed by atoms with E-state index in [0.717, 1.165) is 25.7 Å². The van der Waals surface area contributed by atoms with Gasteiger partial charge in [0, 0.05) is 25.0 Å². The van der Waals surface area contributed by atoms with E-state index < -0.39 is 0 Å². The van der Waals surface area contributed by atoms with Gasteiger partial charge in [0.05, 0.1) is 14.2 Å². The van der Waals surface area contributed by atoms with Crippen LogP contribution in [-0.2, 0) is 4.79 Å². The third kappa shape index (κ3) is 3.72. The Balaban J connectivity index is 1.59. The zero-order valence-corrected chi connectivity index (χ0v) is 14.9. The summed E-state index contributed by atoms with van der Waals surface area (Å²) in [5.74, 6) is 1.33. The number of nitrogens with zero attached hydrogens (tertiary/aromatic N) is 1. The Morgan fingerprint density at radius 3 is 2.12 bits per heavy atom. The molecule has 2 aliphatic rings. The number of benzene rings is 1. The molecule has 0 aromatic heterocycles. The molecule has 0 spiro atoms. The summed E-state index contributed by atoms with van der Waals surface area (Å²) in [6, 6.07) is 5.35. The largest absolute Gasteiger partial charge is 0.496 e. The standard InChI is InChI=1S/C19H26N2O4/c1-24-15-7-4-8-16(25-2)17(15)18(22)20-14-9-11-21(12-10-14)19(23)13-5-3-6-13/h4,7-8,13-14H,3,5-6,9-12H2,1-2H3,(H,20,22). The van der Waals surface area contributed by atoms with Gasteiger partial charge in [0.1, 0.15) is 17.1 Å². The van der Waals surface area contributed by atoms with E-state index in [-0.39, 0.29) is 17.9 Å². The molecule has 0 radical (unpaired) electrons. The Kier molecular flexibility index (Phi) is 5.46. The Labute approximate surface area is 148 Å². The highest BCUT2D eigenvalue weighted by Gasteiger charge is 2.32. The molecule has 6 heteroatoms. The van der Waals surface area contributed by atoms with Crippen molar-refractivity contribution in [1.82, 2.24) is 10.2 Å². The lowest BCUT2D eigenvalue weighted by molar-refractivity contribution is -0.139. The summed E-state index contributed by atoms with van der Waals surface area (Å²) in [5, 5.41) is 3.06. The van der Waals surface area contributed by atoms with Gasteiger partial charge in [0.2, 0.25) is 5.91 Å². The Hall–Kier alpha value is -2.24. The van der Waals surface area contributed by atoms with Gasteiger partial charge >= 0.3 is 0 Å². The van der Waals surface area contributed by atoms with Crippen LogP contribution in [0.4, 0.5) is 0 Å². The van der Waals surface area contributed by atoms with Crippen molar-refractivity contribution in [3.63, 3.8) is 0 Å². The minimum absolute atomic E-state index is 0.0626. The number of carbonyl (C=O) groups excluding carboxylic acids is 2. The van der Waals surface area contributed by atoms with Crippen LogP contribution in [-0.4, -0.2) is 50.1 Å². The number of rotatable bonds is 5. The zero-order valence-electron chi connectivity index (χ0n) is 14.9. The molecule has 1 saturated carbocycles. The van der Waals surface area contributed by atoms with E-state index in [1.165, 1.54) is 20.6 Å². The molecule has 0 bridgehead atoms. The van der Waals surface area contributed by atoms with Gasteiger partial charge < -0.3 is 19.7 Å². The van der Waals surface area contributed by atoms with Gasteiger partial charge in [-0.05, 0) is 37.8 Å². The quantitative estimate of drug-likeness (QED) is 0.888. The average molecular weight is 346 g/mol. The number of nitrogens with one attached hydrogen (secondary N) is 1. The smallest absolute Gasteiger partial charge is 0.259 e. The van der Waals surface area contributed by atoms with E-state index in [1.807, 2.05) is 4.90 Å². The van der Waals surface area contributed by atoms with Crippen LogP contribution >= 0.6 is 0 Å². The predicted molar refractivity (Wildman–Crippen MR) is 94.0 cm³/mol.